The van der Waals surface area contributed by atoms with Crippen molar-refractivity contribution >= 4 is 17.0 Å². The van der Waals surface area contributed by atoms with Gasteiger partial charge >= 0.3 is 5.97 Å². The summed E-state index contributed by atoms with van der Waals surface area (Å²) in [6, 6.07) is 7.88. The molecule has 0 bridgehead atoms. The third-order valence-corrected chi connectivity index (χ3v) is 2.46. The number of hydrogen-bond donors (Lipinski definition) is 2. The van der Waals surface area contributed by atoms with E-state index in [1.165, 1.54) is 0 Å². The second-order valence-corrected chi connectivity index (χ2v) is 3.52. The summed E-state index contributed by atoms with van der Waals surface area (Å²) >= 11 is 0. The predicted molar refractivity (Wildman–Crippen MR) is 55.5 cm³/mol. The van der Waals surface area contributed by atoms with E-state index in [4.69, 9.17) is 5.11 Å². The van der Waals surface area contributed by atoms with Crippen LogP contribution in [0.1, 0.15) is 12.2 Å². The molecule has 2 aromatic rings. The van der Waals surface area contributed by atoms with Crippen molar-refractivity contribution in [1.29, 1.82) is 0 Å². The number of carboxylic acids is 1. The fraction of sp³-hybridized carbons (Fsp3) is 0.273. The number of fused-ring (bicyclic) bond motifs is 1. The number of nitrogens with zero attached hydrogens (tertiary/aromatic N) is 1. The van der Waals surface area contributed by atoms with Crippen LogP contribution in [0.3, 0.4) is 0 Å². The average Bonchev–Trinajstić information content (AvgIpc) is 2.50. The first-order valence-electron chi connectivity index (χ1n) is 4.87. The fourth-order valence-electron chi connectivity index (χ4n) is 1.75. The Morgan fingerprint density at radius 1 is 1.44 bits per heavy atom. The molecule has 86 valence electrons. The van der Waals surface area contributed by atoms with Crippen molar-refractivity contribution in [1.82, 2.24) is 4.98 Å². The first kappa shape index (κ1) is 12.5. The van der Waals surface area contributed by atoms with Crippen molar-refractivity contribution in [2.75, 3.05) is 0 Å². The van der Waals surface area contributed by atoms with E-state index in [1.807, 2.05) is 35.8 Å². The molecule has 0 spiro atoms. The van der Waals surface area contributed by atoms with Gasteiger partial charge in [-0.2, -0.15) is 0 Å². The lowest BCUT2D eigenvalue weighted by atomic mass is 10.3. The number of nitrogens with one attached hydrogen (secondary N) is 1. The number of halogens is 1. The summed E-state index contributed by atoms with van der Waals surface area (Å²) < 4.78 is 1.99. The molecule has 0 atom stereocenters. The molecule has 0 unspecified atom stereocenters. The van der Waals surface area contributed by atoms with E-state index in [2.05, 4.69) is 4.98 Å². The molecule has 5 heteroatoms. The number of imidazole rings is 1. The van der Waals surface area contributed by atoms with E-state index in [-0.39, 0.29) is 18.8 Å². The second-order valence-electron chi connectivity index (χ2n) is 3.52. The Morgan fingerprint density at radius 3 is 2.81 bits per heavy atom. The molecule has 1 heterocycles. The molecule has 4 nitrogen and oxygen atoms in total. The zero-order chi connectivity index (χ0) is 10.8. The Kier molecular flexibility index (Phi) is 3.90. The number of aryl methyl sites for hydroxylation is 2. The van der Waals surface area contributed by atoms with Gasteiger partial charge in [0.15, 0.2) is 11.0 Å². The van der Waals surface area contributed by atoms with Crippen molar-refractivity contribution in [3.63, 3.8) is 0 Å². The number of aromatic nitrogens is 2. The lowest BCUT2D eigenvalue weighted by Gasteiger charge is -1.96. The van der Waals surface area contributed by atoms with Crippen molar-refractivity contribution < 1.29 is 26.9 Å². The molecule has 0 amide bonds. The Labute approximate surface area is 99.3 Å². The van der Waals surface area contributed by atoms with Gasteiger partial charge < -0.3 is 17.5 Å². The van der Waals surface area contributed by atoms with Crippen LogP contribution < -0.4 is 17.0 Å². The van der Waals surface area contributed by atoms with Crippen molar-refractivity contribution in [3.8, 4) is 0 Å². The van der Waals surface area contributed by atoms with Gasteiger partial charge in [-0.15, -0.1) is 0 Å². The van der Waals surface area contributed by atoms with Gasteiger partial charge in [-0.05, 0) is 12.1 Å². The first-order valence-corrected chi connectivity index (χ1v) is 4.87. The number of para-hydroxylation sites is 2. The van der Waals surface area contributed by atoms with Gasteiger partial charge in [-0.3, -0.25) is 4.79 Å². The van der Waals surface area contributed by atoms with Gasteiger partial charge in [0.05, 0.1) is 6.42 Å². The zero-order valence-electron chi connectivity index (χ0n) is 8.90. The van der Waals surface area contributed by atoms with Crippen LogP contribution in [-0.4, -0.2) is 16.1 Å². The number of rotatable bonds is 3. The highest BCUT2D eigenvalue weighted by Gasteiger charge is 2.14. The minimum atomic E-state index is -0.771. The molecule has 0 saturated heterocycles. The standard InChI is InChI=1S/C11H12N2O2.ClH/c1-8-12-9-4-2-3-5-10(9)13(8)7-6-11(14)15;/h2-5H,6-7H2,1H3,(H,14,15);1H. The summed E-state index contributed by atoms with van der Waals surface area (Å²) in [4.78, 5) is 13.7. The summed E-state index contributed by atoms with van der Waals surface area (Å²) in [5.41, 5.74) is 2.09. The van der Waals surface area contributed by atoms with Gasteiger partial charge in [0.25, 0.3) is 5.82 Å². The summed E-state index contributed by atoms with van der Waals surface area (Å²) in [6.45, 7) is 2.45. The third-order valence-electron chi connectivity index (χ3n) is 2.46. The smallest absolute Gasteiger partial charge is 0.307 e. The molecule has 0 aliphatic rings. The van der Waals surface area contributed by atoms with Gasteiger partial charge in [0.1, 0.15) is 6.54 Å². The van der Waals surface area contributed by atoms with Crippen LogP contribution in [0.4, 0.5) is 0 Å². The molecule has 0 fully saturated rings. The van der Waals surface area contributed by atoms with Crippen molar-refractivity contribution in [3.05, 3.63) is 30.1 Å². The first-order chi connectivity index (χ1) is 7.18. The Morgan fingerprint density at radius 2 is 2.12 bits per heavy atom. The summed E-state index contributed by atoms with van der Waals surface area (Å²) in [7, 11) is 0. The van der Waals surface area contributed by atoms with Crippen LogP contribution in [0.5, 0.6) is 0 Å². The van der Waals surface area contributed by atoms with E-state index < -0.39 is 5.97 Å². The summed E-state index contributed by atoms with van der Waals surface area (Å²) in [5, 5.41) is 8.65. The predicted octanol–water partition coefficient (Wildman–Crippen LogP) is -1.76. The number of aromatic amines is 1. The van der Waals surface area contributed by atoms with Crippen LogP contribution in [-0.2, 0) is 11.3 Å². The lowest BCUT2D eigenvalue weighted by molar-refractivity contribution is -0.676. The highest BCUT2D eigenvalue weighted by molar-refractivity contribution is 5.71. The molecule has 0 aliphatic heterocycles. The number of carbonyl (C=O) groups is 1. The quantitative estimate of drug-likeness (QED) is 0.625. The SMILES string of the molecule is Cc1[nH]c2ccccc2[n+]1CCC(=O)O.[Cl-]. The maximum absolute atomic E-state index is 10.5. The normalized spacial score (nSPS) is 10.1. The number of aliphatic carboxylic acids is 1. The molecule has 2 rings (SSSR count). The minimum Gasteiger partial charge on any atom is -1.00 e. The third kappa shape index (κ3) is 2.33. The molecule has 0 aliphatic carbocycles. The number of carboxylic acid groups (broad SMARTS) is 1. The lowest BCUT2D eigenvalue weighted by Crippen LogP contribution is -3.00. The topological polar surface area (TPSA) is 57.0 Å². The average molecular weight is 241 g/mol. The van der Waals surface area contributed by atoms with E-state index in [9.17, 15) is 4.79 Å². The minimum absolute atomic E-state index is 0. The van der Waals surface area contributed by atoms with Gasteiger partial charge in [0, 0.05) is 6.92 Å². The van der Waals surface area contributed by atoms with E-state index in [1.54, 1.807) is 0 Å². The number of hydrogen-bond acceptors (Lipinski definition) is 1. The van der Waals surface area contributed by atoms with Crippen LogP contribution >= 0.6 is 0 Å². The van der Waals surface area contributed by atoms with E-state index >= 15 is 0 Å². The molecule has 16 heavy (non-hydrogen) atoms. The Balaban J connectivity index is 0.00000128. The van der Waals surface area contributed by atoms with Gasteiger partial charge in [-0.1, -0.05) is 12.1 Å². The Bertz CT molecular complexity index is 508. The van der Waals surface area contributed by atoms with E-state index in [0.717, 1.165) is 16.9 Å². The monoisotopic (exact) mass is 240 g/mol. The Hall–Kier alpha value is -1.55. The number of H-pyrrole nitrogens is 1. The molecular weight excluding hydrogens is 228 g/mol. The highest BCUT2D eigenvalue weighted by Crippen LogP contribution is 2.08. The molecule has 1 aromatic carbocycles. The molecule has 0 saturated carbocycles. The van der Waals surface area contributed by atoms with Crippen molar-refractivity contribution in [2.24, 2.45) is 0 Å². The van der Waals surface area contributed by atoms with E-state index in [0.29, 0.717) is 6.54 Å². The molecular formula is C11H13ClN2O2. The zero-order valence-corrected chi connectivity index (χ0v) is 9.66. The maximum atomic E-state index is 10.5. The molecule has 2 N–H and O–H groups in total. The van der Waals surface area contributed by atoms with Gasteiger partial charge in [0.2, 0.25) is 0 Å². The van der Waals surface area contributed by atoms with Crippen LogP contribution in [0.2, 0.25) is 0 Å². The largest absolute Gasteiger partial charge is 1.00 e. The second kappa shape index (κ2) is 4.99. The van der Waals surface area contributed by atoms with Gasteiger partial charge in [-0.25, -0.2) is 9.55 Å². The van der Waals surface area contributed by atoms with Crippen molar-refractivity contribution in [2.45, 2.75) is 19.9 Å². The molecule has 0 radical (unpaired) electrons. The number of benzene rings is 1. The maximum Gasteiger partial charge on any atom is 0.307 e. The van der Waals surface area contributed by atoms with Crippen LogP contribution in [0.25, 0.3) is 11.0 Å². The fourth-order valence-corrected chi connectivity index (χ4v) is 1.75. The highest BCUT2D eigenvalue weighted by atomic mass is 35.5. The van der Waals surface area contributed by atoms with Crippen LogP contribution in [0, 0.1) is 6.92 Å². The van der Waals surface area contributed by atoms with Crippen LogP contribution in [0.15, 0.2) is 24.3 Å². The molecule has 1 aromatic heterocycles. The summed E-state index contributed by atoms with van der Waals surface area (Å²) in [6.07, 6.45) is 0.146. The summed E-state index contributed by atoms with van der Waals surface area (Å²) in [5.74, 6) is 0.213.